The average molecular weight is 279 g/mol. The van der Waals surface area contributed by atoms with Crippen LogP contribution in [0.5, 0.6) is 0 Å². The third-order valence-electron chi connectivity index (χ3n) is 2.70. The van der Waals surface area contributed by atoms with E-state index in [1.54, 1.807) is 11.3 Å². The summed E-state index contributed by atoms with van der Waals surface area (Å²) in [5.41, 5.74) is -0.0544. The number of tetrazole rings is 1. The van der Waals surface area contributed by atoms with Crippen LogP contribution >= 0.6 is 11.3 Å². The van der Waals surface area contributed by atoms with Gasteiger partial charge in [-0.25, -0.2) is 4.68 Å². The smallest absolute Gasteiger partial charge is 0.242 e. The van der Waals surface area contributed by atoms with E-state index in [2.05, 4.69) is 41.6 Å². The summed E-state index contributed by atoms with van der Waals surface area (Å²) in [5, 5.41) is 15.8. The van der Waals surface area contributed by atoms with Crippen molar-refractivity contribution in [1.29, 1.82) is 0 Å². The first kappa shape index (κ1) is 13.7. The van der Waals surface area contributed by atoms with E-state index >= 15 is 0 Å². The van der Waals surface area contributed by atoms with Crippen molar-refractivity contribution in [2.75, 3.05) is 0 Å². The highest BCUT2D eigenvalue weighted by Gasteiger charge is 2.28. The van der Waals surface area contributed by atoms with Gasteiger partial charge in [-0.1, -0.05) is 26.8 Å². The second kappa shape index (κ2) is 5.48. The predicted molar refractivity (Wildman–Crippen MR) is 72.5 cm³/mol. The molecule has 0 saturated carbocycles. The molecule has 1 amide bonds. The fourth-order valence-electron chi connectivity index (χ4n) is 1.78. The van der Waals surface area contributed by atoms with Crippen LogP contribution in [0.3, 0.4) is 0 Å². The average Bonchev–Trinajstić information content (AvgIpc) is 2.96. The molecular formula is C12H17N5OS. The molecule has 1 atom stereocenters. The number of aromatic nitrogens is 4. The maximum Gasteiger partial charge on any atom is 0.242 e. The highest BCUT2D eigenvalue weighted by molar-refractivity contribution is 7.10. The van der Waals surface area contributed by atoms with Crippen molar-refractivity contribution < 1.29 is 4.79 Å². The van der Waals surface area contributed by atoms with E-state index in [9.17, 15) is 4.79 Å². The molecule has 2 aromatic heterocycles. The SMILES string of the molecule is CC(C)(C)[C@@H](NC(=O)Cn1cnnn1)c1cccs1. The lowest BCUT2D eigenvalue weighted by Gasteiger charge is -2.30. The summed E-state index contributed by atoms with van der Waals surface area (Å²) in [4.78, 5) is 13.2. The first-order valence-electron chi connectivity index (χ1n) is 6.00. The molecule has 19 heavy (non-hydrogen) atoms. The minimum absolute atomic E-state index is 0.0171. The van der Waals surface area contributed by atoms with E-state index in [-0.39, 0.29) is 23.9 Å². The summed E-state index contributed by atoms with van der Waals surface area (Å²) in [5.74, 6) is -0.0966. The Morgan fingerprint density at radius 2 is 2.32 bits per heavy atom. The molecular weight excluding hydrogens is 262 g/mol. The van der Waals surface area contributed by atoms with E-state index in [0.717, 1.165) is 4.88 Å². The second-order valence-electron chi connectivity index (χ2n) is 5.39. The molecule has 2 aromatic rings. The van der Waals surface area contributed by atoms with E-state index < -0.39 is 0 Å². The molecule has 0 radical (unpaired) electrons. The lowest BCUT2D eigenvalue weighted by Crippen LogP contribution is -2.38. The Labute approximate surface area is 115 Å². The minimum atomic E-state index is -0.0966. The maximum atomic E-state index is 12.0. The highest BCUT2D eigenvalue weighted by Crippen LogP contribution is 2.34. The lowest BCUT2D eigenvalue weighted by molar-refractivity contribution is -0.123. The van der Waals surface area contributed by atoms with Crippen molar-refractivity contribution in [2.24, 2.45) is 5.41 Å². The molecule has 7 heteroatoms. The summed E-state index contributed by atoms with van der Waals surface area (Å²) in [7, 11) is 0. The predicted octanol–water partition coefficient (Wildman–Crippen LogP) is 1.64. The number of hydrogen-bond donors (Lipinski definition) is 1. The van der Waals surface area contributed by atoms with Crippen molar-refractivity contribution in [3.05, 3.63) is 28.7 Å². The molecule has 0 fully saturated rings. The van der Waals surface area contributed by atoms with Crippen LogP contribution in [0.1, 0.15) is 31.7 Å². The van der Waals surface area contributed by atoms with Gasteiger partial charge in [0.1, 0.15) is 12.9 Å². The third-order valence-corrected chi connectivity index (χ3v) is 3.63. The summed E-state index contributed by atoms with van der Waals surface area (Å²) >= 11 is 1.65. The molecule has 0 unspecified atom stereocenters. The van der Waals surface area contributed by atoms with Crippen LogP contribution in [0.15, 0.2) is 23.8 Å². The minimum Gasteiger partial charge on any atom is -0.346 e. The van der Waals surface area contributed by atoms with Crippen LogP contribution in [0.4, 0.5) is 0 Å². The van der Waals surface area contributed by atoms with Gasteiger partial charge in [0.2, 0.25) is 5.91 Å². The molecule has 2 heterocycles. The third kappa shape index (κ3) is 3.60. The molecule has 0 saturated heterocycles. The zero-order valence-electron chi connectivity index (χ0n) is 11.2. The molecule has 0 aromatic carbocycles. The Hall–Kier alpha value is -1.76. The second-order valence-corrected chi connectivity index (χ2v) is 6.37. The maximum absolute atomic E-state index is 12.0. The van der Waals surface area contributed by atoms with E-state index in [0.29, 0.717) is 0 Å². The van der Waals surface area contributed by atoms with E-state index in [4.69, 9.17) is 0 Å². The molecule has 0 aliphatic heterocycles. The Morgan fingerprint density at radius 3 is 2.84 bits per heavy atom. The van der Waals surface area contributed by atoms with Crippen LogP contribution in [0.25, 0.3) is 0 Å². The number of hydrogen-bond acceptors (Lipinski definition) is 5. The first-order valence-corrected chi connectivity index (χ1v) is 6.88. The standard InChI is InChI=1S/C12H17N5OS/c1-12(2,3)11(9-5-4-6-19-9)14-10(18)7-17-8-13-15-16-17/h4-6,8,11H,7H2,1-3H3,(H,14,18)/t11-/m0/s1. The van der Waals surface area contributed by atoms with Gasteiger partial charge in [0, 0.05) is 4.88 Å². The normalized spacial score (nSPS) is 13.2. The van der Waals surface area contributed by atoms with Gasteiger partial charge in [0.05, 0.1) is 6.04 Å². The van der Waals surface area contributed by atoms with Crippen molar-refractivity contribution in [2.45, 2.75) is 33.4 Å². The molecule has 0 bridgehead atoms. The molecule has 2 rings (SSSR count). The van der Waals surface area contributed by atoms with Gasteiger partial charge in [-0.2, -0.15) is 0 Å². The fraction of sp³-hybridized carbons (Fsp3) is 0.500. The number of thiophene rings is 1. The molecule has 0 aliphatic carbocycles. The van der Waals surface area contributed by atoms with Gasteiger partial charge in [0.25, 0.3) is 0 Å². The van der Waals surface area contributed by atoms with Gasteiger partial charge in [-0.05, 0) is 27.3 Å². The Morgan fingerprint density at radius 1 is 1.53 bits per heavy atom. The quantitative estimate of drug-likeness (QED) is 0.923. The van der Waals surface area contributed by atoms with Crippen molar-refractivity contribution >= 4 is 17.2 Å². The number of carbonyl (C=O) groups is 1. The molecule has 6 nitrogen and oxygen atoms in total. The number of nitrogens with zero attached hydrogens (tertiary/aromatic N) is 4. The Balaban J connectivity index is 2.07. The highest BCUT2D eigenvalue weighted by atomic mass is 32.1. The summed E-state index contributed by atoms with van der Waals surface area (Å²) in [6.07, 6.45) is 1.43. The number of rotatable bonds is 4. The van der Waals surface area contributed by atoms with Crippen LogP contribution in [0.2, 0.25) is 0 Å². The molecule has 1 N–H and O–H groups in total. The van der Waals surface area contributed by atoms with E-state index in [1.807, 2.05) is 17.5 Å². The van der Waals surface area contributed by atoms with Crippen molar-refractivity contribution in [3.8, 4) is 0 Å². The Kier molecular flexibility index (Phi) is 3.94. The topological polar surface area (TPSA) is 72.7 Å². The lowest BCUT2D eigenvalue weighted by atomic mass is 9.86. The molecule has 0 aliphatic rings. The zero-order chi connectivity index (χ0) is 13.9. The molecule has 102 valence electrons. The van der Waals surface area contributed by atoms with Crippen LogP contribution in [-0.4, -0.2) is 26.1 Å². The number of nitrogens with one attached hydrogen (secondary N) is 1. The molecule has 0 spiro atoms. The fourth-order valence-corrected chi connectivity index (χ4v) is 2.80. The van der Waals surface area contributed by atoms with Gasteiger partial charge in [-0.3, -0.25) is 4.79 Å². The van der Waals surface area contributed by atoms with Gasteiger partial charge in [-0.15, -0.1) is 16.4 Å². The summed E-state index contributed by atoms with van der Waals surface area (Å²) < 4.78 is 1.41. The van der Waals surface area contributed by atoms with Gasteiger partial charge >= 0.3 is 0 Å². The van der Waals surface area contributed by atoms with Crippen LogP contribution < -0.4 is 5.32 Å². The van der Waals surface area contributed by atoms with Crippen LogP contribution in [-0.2, 0) is 11.3 Å². The van der Waals surface area contributed by atoms with Crippen LogP contribution in [0, 0.1) is 5.41 Å². The van der Waals surface area contributed by atoms with Crippen molar-refractivity contribution in [1.82, 2.24) is 25.5 Å². The summed E-state index contributed by atoms with van der Waals surface area (Å²) in [6, 6.07) is 4.01. The Bertz CT molecular complexity index is 515. The van der Waals surface area contributed by atoms with Gasteiger partial charge < -0.3 is 5.32 Å². The monoisotopic (exact) mass is 279 g/mol. The summed E-state index contributed by atoms with van der Waals surface area (Å²) in [6.45, 7) is 6.45. The van der Waals surface area contributed by atoms with Gasteiger partial charge in [0.15, 0.2) is 0 Å². The number of carbonyl (C=O) groups excluding carboxylic acids is 1. The zero-order valence-corrected chi connectivity index (χ0v) is 12.0. The first-order chi connectivity index (χ1) is 8.97. The largest absolute Gasteiger partial charge is 0.346 e. The number of amides is 1. The van der Waals surface area contributed by atoms with Crippen molar-refractivity contribution in [3.63, 3.8) is 0 Å². The van der Waals surface area contributed by atoms with E-state index in [1.165, 1.54) is 11.0 Å².